The molecule has 0 bridgehead atoms. The largest absolute Gasteiger partial charge is 0.497 e. The molecule has 6 aromatic carbocycles. The van der Waals surface area contributed by atoms with Crippen LogP contribution in [0, 0.1) is 20.8 Å². The third-order valence-corrected chi connectivity index (χ3v) is 19.3. The minimum Gasteiger partial charge on any atom is -0.497 e. The zero-order chi connectivity index (χ0) is 59.8. The highest BCUT2D eigenvalue weighted by molar-refractivity contribution is 7.48. The van der Waals surface area contributed by atoms with Gasteiger partial charge in [-0.25, -0.2) is 18.6 Å². The molecule has 3 heterocycles. The molecular formula is C69H75N6O10P. The fourth-order valence-corrected chi connectivity index (χ4v) is 14.2. The monoisotopic (exact) mass is 1180 g/mol. The molecule has 0 aliphatic heterocycles. The first-order chi connectivity index (χ1) is 41.5. The maximum Gasteiger partial charge on any atom is 0.475 e. The Bertz CT molecular complexity index is 3420. The van der Waals surface area contributed by atoms with Gasteiger partial charge in [-0.05, 0) is 189 Å². The molecule has 0 atom stereocenters. The summed E-state index contributed by atoms with van der Waals surface area (Å²) in [6.07, 6.45) is 1.96. The molecule has 3 aliphatic rings. The van der Waals surface area contributed by atoms with E-state index in [1.165, 1.54) is 0 Å². The predicted molar refractivity (Wildman–Crippen MR) is 330 cm³/mol. The van der Waals surface area contributed by atoms with Crippen molar-refractivity contribution in [2.45, 2.75) is 133 Å². The first-order valence-corrected chi connectivity index (χ1v) is 31.2. The van der Waals surface area contributed by atoms with E-state index in [-0.39, 0.29) is 38.5 Å². The molecule has 17 heteroatoms. The molecule has 0 radical (unpaired) electrons. The molecule has 16 nitrogen and oxygen atoms in total. The predicted octanol–water partition coefficient (Wildman–Crippen LogP) is 14.1. The third-order valence-electron chi connectivity index (χ3n) is 17.7. The Morgan fingerprint density at radius 1 is 0.384 bits per heavy atom. The molecule has 0 amide bonds. The van der Waals surface area contributed by atoms with Gasteiger partial charge in [0, 0.05) is 16.7 Å². The molecule has 0 saturated heterocycles. The van der Waals surface area contributed by atoms with Crippen LogP contribution in [0.4, 0.5) is 0 Å². The average molecular weight is 1180 g/mol. The van der Waals surface area contributed by atoms with E-state index in [1.54, 1.807) is 21.3 Å². The van der Waals surface area contributed by atoms with Crippen molar-refractivity contribution < 1.29 is 47.7 Å². The van der Waals surface area contributed by atoms with Crippen molar-refractivity contribution >= 4 is 7.82 Å². The number of phosphoric ester groups is 1. The molecule has 3 N–H and O–H groups in total. The number of aryl methyl sites for hydroxylation is 3. The second-order valence-electron chi connectivity index (χ2n) is 23.6. The van der Waals surface area contributed by atoms with Crippen LogP contribution >= 0.6 is 7.82 Å². The van der Waals surface area contributed by atoms with Crippen LogP contribution in [0.1, 0.15) is 111 Å². The fourth-order valence-electron chi connectivity index (χ4n) is 12.3. The highest BCUT2D eigenvalue weighted by Crippen LogP contribution is 2.59. The van der Waals surface area contributed by atoms with Crippen molar-refractivity contribution in [3.63, 3.8) is 0 Å². The topological polar surface area (TPSA) is 187 Å². The van der Waals surface area contributed by atoms with Crippen LogP contribution in [0.3, 0.4) is 0 Å². The van der Waals surface area contributed by atoms with Gasteiger partial charge in [0.15, 0.2) is 0 Å². The summed E-state index contributed by atoms with van der Waals surface area (Å²) in [6.45, 7) is 6.14. The average Bonchev–Trinajstić information content (AvgIpc) is 2.55. The highest BCUT2D eigenvalue weighted by atomic mass is 31.2. The quantitative estimate of drug-likeness (QED) is 0.0690. The Morgan fingerprint density at radius 2 is 0.616 bits per heavy atom. The number of nitrogens with zero attached hydrogens (tertiary/aromatic N) is 6. The van der Waals surface area contributed by atoms with Crippen LogP contribution in [-0.2, 0) is 34.9 Å². The van der Waals surface area contributed by atoms with Gasteiger partial charge in [0.1, 0.15) is 34.1 Å². The smallest absolute Gasteiger partial charge is 0.475 e. The second-order valence-corrected chi connectivity index (χ2v) is 25.2. The highest BCUT2D eigenvalue weighted by Gasteiger charge is 2.47. The van der Waals surface area contributed by atoms with E-state index >= 15 is 4.57 Å². The summed E-state index contributed by atoms with van der Waals surface area (Å²) >= 11 is 0. The van der Waals surface area contributed by atoms with Gasteiger partial charge in [-0.1, -0.05) is 89.5 Å². The number of phosphoric acid groups is 1. The molecule has 3 aliphatic carbocycles. The number of hydrogen-bond donors (Lipinski definition) is 3. The van der Waals surface area contributed by atoms with Crippen molar-refractivity contribution in [1.82, 2.24) is 29.3 Å². The van der Waals surface area contributed by atoms with Crippen LogP contribution < -0.4 is 14.2 Å². The minimum absolute atomic E-state index is 0.277. The summed E-state index contributed by atoms with van der Waals surface area (Å²) in [7, 11) is 0.512. The maximum absolute atomic E-state index is 15.7. The number of aromatic nitrogens is 6. The standard InChI is InChI=1S/C69H75N6O10P/c1-46-7-13-49(14-8-46)61-43-64(70-73(61)52-19-25-55(80-4)26-20-52)67(76)37-31-58(32-38-67)83-86(79,84-59-33-39-68(77,40-34-59)65-44-62(50-15-9-47(2)10-16-50)74(71-65)53-21-27-56(81-5)28-22-53)85-60-35-41-69(78,42-36-60)66-45-63(51-17-11-48(3)12-18-51)75(72-66)54-23-29-57(82-6)30-24-54/h7-30,43-45,58-60,76-78H,31-42H2,1-6H3. The molecule has 3 saturated carbocycles. The van der Waals surface area contributed by atoms with E-state index in [0.29, 0.717) is 55.6 Å². The van der Waals surface area contributed by atoms with Crippen LogP contribution in [0.2, 0.25) is 0 Å². The molecule has 3 fully saturated rings. The summed E-state index contributed by atoms with van der Waals surface area (Å²) in [5, 5.41) is 52.8. The number of ether oxygens (including phenoxy) is 3. The minimum atomic E-state index is -4.39. The zero-order valence-electron chi connectivity index (χ0n) is 49.6. The molecule has 0 spiro atoms. The Hall–Kier alpha value is -7.66. The lowest BCUT2D eigenvalue weighted by Gasteiger charge is -2.39. The lowest BCUT2D eigenvalue weighted by molar-refractivity contribution is -0.0724. The normalized spacial score (nSPS) is 23.2. The summed E-state index contributed by atoms with van der Waals surface area (Å²) in [5.74, 6) is 2.16. The summed E-state index contributed by atoms with van der Waals surface area (Å²) in [5.41, 5.74) is 8.83. The Labute approximate surface area is 502 Å². The van der Waals surface area contributed by atoms with Crippen molar-refractivity contribution in [3.05, 3.63) is 198 Å². The maximum atomic E-state index is 15.7. The van der Waals surface area contributed by atoms with E-state index in [2.05, 4.69) is 72.8 Å². The van der Waals surface area contributed by atoms with Crippen LogP contribution in [0.5, 0.6) is 17.2 Å². The van der Waals surface area contributed by atoms with Gasteiger partial charge in [0.2, 0.25) is 0 Å². The fraction of sp³-hybridized carbons (Fsp3) is 0.348. The lowest BCUT2D eigenvalue weighted by atomic mass is 9.81. The van der Waals surface area contributed by atoms with Crippen LogP contribution in [-0.4, -0.2) is 84.3 Å². The summed E-state index contributed by atoms with van der Waals surface area (Å²) in [4.78, 5) is 0. The van der Waals surface area contributed by atoms with Crippen LogP contribution in [0.15, 0.2) is 164 Å². The Kier molecular flexibility index (Phi) is 16.6. The van der Waals surface area contributed by atoms with Crippen molar-refractivity contribution in [3.8, 4) is 68.1 Å². The van der Waals surface area contributed by atoms with Gasteiger partial charge < -0.3 is 29.5 Å². The zero-order valence-corrected chi connectivity index (χ0v) is 50.5. The molecule has 86 heavy (non-hydrogen) atoms. The molecule has 12 rings (SSSR count). The Morgan fingerprint density at radius 3 is 0.837 bits per heavy atom. The number of hydrogen-bond acceptors (Lipinski definition) is 13. The summed E-state index contributed by atoms with van der Waals surface area (Å²) < 4.78 is 57.6. The summed E-state index contributed by atoms with van der Waals surface area (Å²) in [6, 6.07) is 53.6. The molecular weight excluding hydrogens is 1100 g/mol. The number of benzene rings is 6. The molecule has 9 aromatic rings. The lowest BCUT2D eigenvalue weighted by Crippen LogP contribution is -2.37. The molecule has 3 aromatic heterocycles. The third kappa shape index (κ3) is 12.3. The van der Waals surface area contributed by atoms with E-state index in [1.807, 2.05) is 126 Å². The Balaban J connectivity index is 0.792. The van der Waals surface area contributed by atoms with E-state index in [4.69, 9.17) is 43.1 Å². The van der Waals surface area contributed by atoms with Crippen molar-refractivity contribution in [1.29, 1.82) is 0 Å². The number of rotatable bonds is 18. The molecule has 446 valence electrons. The second kappa shape index (κ2) is 24.2. The van der Waals surface area contributed by atoms with Gasteiger partial charge in [-0.15, -0.1) is 0 Å². The van der Waals surface area contributed by atoms with Crippen molar-refractivity contribution in [2.75, 3.05) is 21.3 Å². The number of aliphatic hydroxyl groups is 3. The first-order valence-electron chi connectivity index (χ1n) is 29.8. The van der Waals surface area contributed by atoms with Gasteiger partial charge >= 0.3 is 7.82 Å². The van der Waals surface area contributed by atoms with Crippen LogP contribution in [0.25, 0.3) is 50.8 Å². The molecule has 0 unspecified atom stereocenters. The van der Waals surface area contributed by atoms with Crippen molar-refractivity contribution in [2.24, 2.45) is 0 Å². The van der Waals surface area contributed by atoms with E-state index in [0.717, 1.165) is 84.8 Å². The van der Waals surface area contributed by atoms with E-state index < -0.39 is 42.9 Å². The van der Waals surface area contributed by atoms with E-state index in [9.17, 15) is 15.3 Å². The van der Waals surface area contributed by atoms with Gasteiger partial charge in [-0.3, -0.25) is 13.6 Å². The van der Waals surface area contributed by atoms with Gasteiger partial charge in [0.25, 0.3) is 0 Å². The van der Waals surface area contributed by atoms with Gasteiger partial charge in [-0.2, -0.15) is 15.3 Å². The first kappa shape index (κ1) is 58.7. The van der Waals surface area contributed by atoms with Gasteiger partial charge in [0.05, 0.1) is 90.9 Å². The number of methoxy groups -OCH3 is 3. The SMILES string of the molecule is COc1ccc(-n2nc(C3(O)CCC(OP(=O)(OC4CCC(O)(c5cc(-c6ccc(C)cc6)n(-c6ccc(OC)cc6)n5)CC4)OC4CCC(O)(c5cc(-c6ccc(C)cc6)n(-c6ccc(OC)cc6)n5)CC4)CC3)cc2-c2ccc(C)cc2)cc1.